The second-order valence-electron chi connectivity index (χ2n) is 20.6. The topological polar surface area (TPSA) is 3.24 Å². The molecule has 5 aliphatic carbocycles. The van der Waals surface area contributed by atoms with E-state index in [4.69, 9.17) is 0 Å². The molecule has 0 unspecified atom stereocenters. The summed E-state index contributed by atoms with van der Waals surface area (Å²) in [6.07, 6.45) is 0. The first-order valence-electron chi connectivity index (χ1n) is 24.8. The first kappa shape index (κ1) is 38.4. The van der Waals surface area contributed by atoms with Crippen LogP contribution in [0.1, 0.15) is 69.5 Å². The number of nitrogens with zero attached hydrogens (tertiary/aromatic N) is 1. The number of hydrogen-bond donors (Lipinski definition) is 0. The highest BCUT2D eigenvalue weighted by atomic mass is 15.2. The molecule has 5 aliphatic rings. The van der Waals surface area contributed by atoms with E-state index in [1.165, 1.54) is 133 Å². The third kappa shape index (κ3) is 4.42. The first-order chi connectivity index (χ1) is 34.5. The minimum Gasteiger partial charge on any atom is -0.309 e. The van der Waals surface area contributed by atoms with Crippen molar-refractivity contribution in [3.63, 3.8) is 0 Å². The van der Waals surface area contributed by atoms with Crippen LogP contribution in [-0.4, -0.2) is 0 Å². The molecule has 11 aromatic rings. The molecule has 11 aromatic carbocycles. The third-order valence-electron chi connectivity index (χ3n) is 17.3. The van der Waals surface area contributed by atoms with Crippen LogP contribution in [0.4, 0.5) is 17.1 Å². The van der Waals surface area contributed by atoms with Crippen LogP contribution in [0.15, 0.2) is 237 Å². The molecular weight excluding hydrogens is 843 g/mol. The summed E-state index contributed by atoms with van der Waals surface area (Å²) < 4.78 is 0. The smallest absolute Gasteiger partial charge is 0.0732 e. The minimum atomic E-state index is -0.533. The average molecular weight is 888 g/mol. The largest absolute Gasteiger partial charge is 0.309 e. The molecule has 16 rings (SSSR count). The fourth-order valence-electron chi connectivity index (χ4n) is 14.7. The Hall–Kier alpha value is -8.52. The van der Waals surface area contributed by atoms with Crippen molar-refractivity contribution in [1.29, 1.82) is 0 Å². The number of fused-ring (bicyclic) bond motifs is 25. The van der Waals surface area contributed by atoms with Crippen molar-refractivity contribution in [3.8, 4) is 55.6 Å². The van der Waals surface area contributed by atoms with Crippen molar-refractivity contribution >= 4 is 27.8 Å². The van der Waals surface area contributed by atoms with Crippen LogP contribution >= 0.6 is 0 Å². The summed E-state index contributed by atoms with van der Waals surface area (Å²) in [6, 6.07) is 90.5. The van der Waals surface area contributed by atoms with Crippen molar-refractivity contribution in [2.75, 3.05) is 4.90 Å². The summed E-state index contributed by atoms with van der Waals surface area (Å²) in [5, 5.41) is 2.52. The second kappa shape index (κ2) is 13.4. The first-order valence-corrected chi connectivity index (χ1v) is 24.8. The summed E-state index contributed by atoms with van der Waals surface area (Å²) in [5.41, 5.74) is 28.9. The van der Waals surface area contributed by atoms with Gasteiger partial charge in [-0.3, -0.25) is 0 Å². The van der Waals surface area contributed by atoms with Gasteiger partial charge in [-0.05, 0) is 135 Å². The van der Waals surface area contributed by atoms with Gasteiger partial charge in [-0.2, -0.15) is 0 Å². The second-order valence-corrected chi connectivity index (χ2v) is 20.6. The van der Waals surface area contributed by atoms with Gasteiger partial charge in [0, 0.05) is 22.2 Å². The minimum absolute atomic E-state index is 0.195. The van der Waals surface area contributed by atoms with Crippen molar-refractivity contribution < 1.29 is 0 Å². The highest BCUT2D eigenvalue weighted by Crippen LogP contribution is 2.69. The summed E-state index contributed by atoms with van der Waals surface area (Å²) in [7, 11) is 0. The zero-order valence-electron chi connectivity index (χ0n) is 39.0. The maximum atomic E-state index is 2.68. The van der Waals surface area contributed by atoms with Gasteiger partial charge in [0.2, 0.25) is 0 Å². The van der Waals surface area contributed by atoms with E-state index in [-0.39, 0.29) is 5.41 Å². The Morgan fingerprint density at radius 1 is 0.286 bits per heavy atom. The Labute approximate surface area is 408 Å². The number of anilines is 3. The number of hydrogen-bond acceptors (Lipinski definition) is 1. The van der Waals surface area contributed by atoms with E-state index in [0.29, 0.717) is 0 Å². The third-order valence-corrected chi connectivity index (χ3v) is 17.3. The molecule has 1 nitrogen and oxygen atoms in total. The average Bonchev–Trinajstić information content (AvgIpc) is 4.15. The van der Waals surface area contributed by atoms with Gasteiger partial charge in [0.25, 0.3) is 0 Å². The standard InChI is InChI=1S/C69H45N/c1-67(2)53-29-12-5-22-45(53)50-39-38-43(41-61(50)67)70(62-37-19-36-60-64(62)51-27-10-17-34-58(51)68(60)54-30-13-6-23-46(54)47-24-7-14-31-55(47)68)63-40-42-20-3-4-21-44(42)66-65(63)52-28-11-18-35-59(52)69(66)56-32-15-8-25-48(56)49-26-9-16-33-57(49)69/h3-41H,1-2H3. The molecule has 0 aromatic heterocycles. The van der Waals surface area contributed by atoms with Crippen molar-refractivity contribution in [3.05, 3.63) is 292 Å². The lowest BCUT2D eigenvalue weighted by atomic mass is 9.69. The molecule has 0 radical (unpaired) electrons. The summed E-state index contributed by atoms with van der Waals surface area (Å²) in [5.74, 6) is 0. The Bertz CT molecular complexity index is 4040. The number of rotatable bonds is 3. The molecule has 0 atom stereocenters. The van der Waals surface area contributed by atoms with Gasteiger partial charge in [-0.25, -0.2) is 0 Å². The quantitative estimate of drug-likeness (QED) is 0.171. The maximum absolute atomic E-state index is 2.68. The molecule has 0 aliphatic heterocycles. The normalized spacial score (nSPS) is 15.3. The molecule has 2 spiro atoms. The number of benzene rings is 11. The molecule has 70 heavy (non-hydrogen) atoms. The van der Waals surface area contributed by atoms with E-state index < -0.39 is 10.8 Å². The molecule has 0 bridgehead atoms. The van der Waals surface area contributed by atoms with Crippen LogP contribution in [0.25, 0.3) is 66.4 Å². The van der Waals surface area contributed by atoms with Gasteiger partial charge in [-0.1, -0.05) is 226 Å². The molecule has 0 saturated heterocycles. The Morgan fingerprint density at radius 3 is 1.29 bits per heavy atom. The SMILES string of the molecule is CC1(C)c2ccccc2-c2ccc(N(c3cccc4c3-c3ccccc3C43c4ccccc4-c4ccccc43)c3cc4ccccc4c4c3-c3ccccc3C43c4ccccc4-c4ccccc43)cc21. The van der Waals surface area contributed by atoms with Crippen LogP contribution in [0.5, 0.6) is 0 Å². The van der Waals surface area contributed by atoms with Crippen LogP contribution in [-0.2, 0) is 16.2 Å². The Kier molecular flexibility index (Phi) is 7.35. The fraction of sp³-hybridized carbons (Fsp3) is 0.0725. The van der Waals surface area contributed by atoms with Gasteiger partial charge in [0.1, 0.15) is 0 Å². The predicted octanol–water partition coefficient (Wildman–Crippen LogP) is 17.3. The van der Waals surface area contributed by atoms with E-state index in [2.05, 4.69) is 255 Å². The monoisotopic (exact) mass is 887 g/mol. The molecule has 0 amide bonds. The van der Waals surface area contributed by atoms with Crippen LogP contribution in [0, 0.1) is 0 Å². The van der Waals surface area contributed by atoms with Crippen LogP contribution < -0.4 is 4.90 Å². The lowest BCUT2D eigenvalue weighted by molar-refractivity contribution is 0.660. The van der Waals surface area contributed by atoms with Gasteiger partial charge in [-0.15, -0.1) is 0 Å². The van der Waals surface area contributed by atoms with Gasteiger partial charge >= 0.3 is 0 Å². The van der Waals surface area contributed by atoms with E-state index in [9.17, 15) is 0 Å². The zero-order valence-corrected chi connectivity index (χ0v) is 39.0. The summed E-state index contributed by atoms with van der Waals surface area (Å²) >= 11 is 0. The molecule has 326 valence electrons. The van der Waals surface area contributed by atoms with Crippen molar-refractivity contribution in [1.82, 2.24) is 0 Å². The summed E-state index contributed by atoms with van der Waals surface area (Å²) in [4.78, 5) is 2.68. The molecule has 1 heteroatoms. The zero-order chi connectivity index (χ0) is 46.1. The fourth-order valence-corrected chi connectivity index (χ4v) is 14.7. The maximum Gasteiger partial charge on any atom is 0.0732 e. The molecule has 0 saturated carbocycles. The lowest BCUT2D eigenvalue weighted by Gasteiger charge is -2.34. The summed E-state index contributed by atoms with van der Waals surface area (Å²) in [6.45, 7) is 4.81. The van der Waals surface area contributed by atoms with Crippen LogP contribution in [0.2, 0.25) is 0 Å². The lowest BCUT2D eigenvalue weighted by Crippen LogP contribution is -2.26. The predicted molar refractivity (Wildman–Crippen MR) is 289 cm³/mol. The van der Waals surface area contributed by atoms with E-state index in [1.807, 2.05) is 0 Å². The highest BCUT2D eigenvalue weighted by molar-refractivity contribution is 6.11. The molecule has 0 N–H and O–H groups in total. The van der Waals surface area contributed by atoms with Crippen LogP contribution in [0.3, 0.4) is 0 Å². The van der Waals surface area contributed by atoms with Crippen molar-refractivity contribution in [2.24, 2.45) is 0 Å². The highest BCUT2D eigenvalue weighted by Gasteiger charge is 2.55. The van der Waals surface area contributed by atoms with E-state index in [1.54, 1.807) is 0 Å². The van der Waals surface area contributed by atoms with E-state index >= 15 is 0 Å². The van der Waals surface area contributed by atoms with Gasteiger partial charge in [0.15, 0.2) is 0 Å². The van der Waals surface area contributed by atoms with E-state index in [0.717, 1.165) is 5.69 Å². The molecular formula is C69H45N. The molecule has 0 fully saturated rings. The van der Waals surface area contributed by atoms with Gasteiger partial charge < -0.3 is 4.90 Å². The Morgan fingerprint density at radius 2 is 0.700 bits per heavy atom. The van der Waals surface area contributed by atoms with Crippen molar-refractivity contribution in [2.45, 2.75) is 30.1 Å². The molecule has 0 heterocycles. The Balaban J connectivity index is 1.07. The van der Waals surface area contributed by atoms with Gasteiger partial charge in [0.05, 0.1) is 22.2 Å².